The van der Waals surface area contributed by atoms with Crippen molar-refractivity contribution in [3.05, 3.63) is 35.9 Å². The van der Waals surface area contributed by atoms with Gasteiger partial charge in [-0.25, -0.2) is 0 Å². The second-order valence-corrected chi connectivity index (χ2v) is 6.10. The second kappa shape index (κ2) is 5.60. The van der Waals surface area contributed by atoms with Crippen molar-refractivity contribution in [1.82, 2.24) is 4.90 Å². The van der Waals surface area contributed by atoms with Crippen LogP contribution in [0.3, 0.4) is 0 Å². The van der Waals surface area contributed by atoms with Gasteiger partial charge in [-0.2, -0.15) is 0 Å². The van der Waals surface area contributed by atoms with E-state index in [9.17, 15) is 9.59 Å². The first-order valence-corrected chi connectivity index (χ1v) is 7.17. The molecule has 1 unspecified atom stereocenters. The van der Waals surface area contributed by atoms with Gasteiger partial charge in [0.1, 0.15) is 0 Å². The second-order valence-electron chi connectivity index (χ2n) is 3.85. The van der Waals surface area contributed by atoms with Gasteiger partial charge in [0, 0.05) is 30.2 Å². The minimum absolute atomic E-state index is 0.0824. The molecule has 1 aliphatic heterocycles. The molecule has 90 valence electrons. The fourth-order valence-corrected chi connectivity index (χ4v) is 3.65. The molecule has 0 spiro atoms. The Labute approximate surface area is 109 Å². The van der Waals surface area contributed by atoms with Crippen LogP contribution in [0.25, 0.3) is 0 Å². The Kier molecular flexibility index (Phi) is 4.12. The number of nitrogens with zero attached hydrogens (tertiary/aromatic N) is 1. The summed E-state index contributed by atoms with van der Waals surface area (Å²) < 4.78 is 0. The van der Waals surface area contributed by atoms with E-state index in [1.807, 2.05) is 30.3 Å². The molecule has 0 N–H and O–H groups in total. The maximum absolute atomic E-state index is 12.0. The third-order valence-corrected chi connectivity index (χ3v) is 4.90. The lowest BCUT2D eigenvalue weighted by Crippen LogP contribution is -2.37. The maximum atomic E-state index is 12.0. The van der Waals surface area contributed by atoms with Crippen LogP contribution in [0.1, 0.15) is 10.4 Å². The minimum Gasteiger partial charge on any atom is -0.336 e. The Balaban J connectivity index is 1.94. The van der Waals surface area contributed by atoms with Gasteiger partial charge in [-0.3, -0.25) is 9.59 Å². The van der Waals surface area contributed by atoms with Gasteiger partial charge in [0.25, 0.3) is 5.24 Å². The van der Waals surface area contributed by atoms with Crippen LogP contribution in [0.2, 0.25) is 0 Å². The number of hydrogen-bond donors (Lipinski definition) is 0. The number of hydrogen-bond acceptors (Lipinski definition) is 4. The predicted molar refractivity (Wildman–Crippen MR) is 72.6 cm³/mol. The van der Waals surface area contributed by atoms with Gasteiger partial charge in [0.2, 0.25) is 5.12 Å². The summed E-state index contributed by atoms with van der Waals surface area (Å²) in [7, 11) is 1.77. The van der Waals surface area contributed by atoms with Crippen molar-refractivity contribution in [2.24, 2.45) is 0 Å². The minimum atomic E-state index is 0.0824. The van der Waals surface area contributed by atoms with Crippen molar-refractivity contribution < 1.29 is 9.59 Å². The SMILES string of the molecule is CN1CC(SC(=O)c2ccccc2)CSC1=O. The number of amides is 1. The first-order chi connectivity index (χ1) is 8.16. The molecule has 0 saturated carbocycles. The summed E-state index contributed by atoms with van der Waals surface area (Å²) in [6.07, 6.45) is 0. The first-order valence-electron chi connectivity index (χ1n) is 5.31. The van der Waals surface area contributed by atoms with Crippen LogP contribution in [0, 0.1) is 0 Å². The van der Waals surface area contributed by atoms with Gasteiger partial charge in [0.15, 0.2) is 0 Å². The van der Waals surface area contributed by atoms with Crippen molar-refractivity contribution >= 4 is 33.9 Å². The molecule has 1 heterocycles. The van der Waals surface area contributed by atoms with Crippen LogP contribution in [-0.2, 0) is 0 Å². The van der Waals surface area contributed by atoms with Crippen molar-refractivity contribution in [1.29, 1.82) is 0 Å². The molecule has 0 aromatic heterocycles. The highest BCUT2D eigenvalue weighted by molar-refractivity contribution is 8.17. The van der Waals surface area contributed by atoms with Gasteiger partial charge >= 0.3 is 0 Å². The summed E-state index contributed by atoms with van der Waals surface area (Å²) in [5.74, 6) is 0.715. The molecule has 1 aromatic rings. The highest BCUT2D eigenvalue weighted by Gasteiger charge is 2.26. The number of carbonyl (C=O) groups excluding carboxylic acids is 2. The Morgan fingerprint density at radius 3 is 2.76 bits per heavy atom. The van der Waals surface area contributed by atoms with E-state index >= 15 is 0 Å². The summed E-state index contributed by atoms with van der Waals surface area (Å²) in [6.45, 7) is 0.648. The molecule has 0 bridgehead atoms. The quantitative estimate of drug-likeness (QED) is 0.825. The Bertz CT molecular complexity index is 422. The van der Waals surface area contributed by atoms with E-state index in [1.54, 1.807) is 11.9 Å². The lowest BCUT2D eigenvalue weighted by atomic mass is 10.2. The Morgan fingerprint density at radius 1 is 1.41 bits per heavy atom. The summed E-state index contributed by atoms with van der Waals surface area (Å²) in [6, 6.07) is 9.25. The molecule has 0 radical (unpaired) electrons. The number of benzene rings is 1. The predicted octanol–water partition coefficient (Wildman–Crippen LogP) is 2.73. The maximum Gasteiger partial charge on any atom is 0.281 e. The topological polar surface area (TPSA) is 37.4 Å². The highest BCUT2D eigenvalue weighted by Crippen LogP contribution is 2.27. The fraction of sp³-hybridized carbons (Fsp3) is 0.333. The summed E-state index contributed by atoms with van der Waals surface area (Å²) in [5.41, 5.74) is 0.724. The third-order valence-electron chi connectivity index (χ3n) is 2.47. The molecule has 1 fully saturated rings. The summed E-state index contributed by atoms with van der Waals surface area (Å²) in [5, 5.41) is 0.364. The molecule has 1 atom stereocenters. The zero-order chi connectivity index (χ0) is 12.3. The molecule has 17 heavy (non-hydrogen) atoms. The summed E-state index contributed by atoms with van der Waals surface area (Å²) in [4.78, 5) is 24.9. The first kappa shape index (κ1) is 12.5. The van der Waals surface area contributed by atoms with E-state index in [4.69, 9.17) is 0 Å². The van der Waals surface area contributed by atoms with E-state index in [2.05, 4.69) is 0 Å². The van der Waals surface area contributed by atoms with Crippen LogP contribution < -0.4 is 0 Å². The molecular weight excluding hydrogens is 254 g/mol. The van der Waals surface area contributed by atoms with Gasteiger partial charge in [-0.15, -0.1) is 0 Å². The smallest absolute Gasteiger partial charge is 0.281 e. The molecule has 1 aliphatic rings. The monoisotopic (exact) mass is 267 g/mol. The average molecular weight is 267 g/mol. The Hall–Kier alpha value is -0.940. The van der Waals surface area contributed by atoms with Crippen LogP contribution in [-0.4, -0.2) is 39.8 Å². The van der Waals surface area contributed by atoms with Crippen LogP contribution in [0.4, 0.5) is 4.79 Å². The average Bonchev–Trinajstić information content (AvgIpc) is 2.35. The van der Waals surface area contributed by atoms with Crippen molar-refractivity contribution in [3.63, 3.8) is 0 Å². The Morgan fingerprint density at radius 2 is 2.12 bits per heavy atom. The number of carbonyl (C=O) groups is 2. The van der Waals surface area contributed by atoms with Gasteiger partial charge in [-0.1, -0.05) is 53.9 Å². The van der Waals surface area contributed by atoms with Gasteiger partial charge in [-0.05, 0) is 0 Å². The largest absolute Gasteiger partial charge is 0.336 e. The fourth-order valence-electron chi connectivity index (χ4n) is 1.57. The number of thioether (sulfide) groups is 2. The van der Waals surface area contributed by atoms with Crippen LogP contribution in [0.15, 0.2) is 30.3 Å². The van der Waals surface area contributed by atoms with Gasteiger partial charge in [0.05, 0.1) is 0 Å². The van der Waals surface area contributed by atoms with Gasteiger partial charge < -0.3 is 4.90 Å². The molecule has 1 aromatic carbocycles. The number of rotatable bonds is 2. The zero-order valence-electron chi connectivity index (χ0n) is 9.46. The lowest BCUT2D eigenvalue weighted by molar-refractivity contribution is 0.108. The normalized spacial score (nSPS) is 20.4. The van der Waals surface area contributed by atoms with E-state index in [1.165, 1.54) is 23.5 Å². The zero-order valence-corrected chi connectivity index (χ0v) is 11.1. The molecule has 5 heteroatoms. The summed E-state index contributed by atoms with van der Waals surface area (Å²) >= 11 is 2.61. The highest BCUT2D eigenvalue weighted by atomic mass is 32.2. The van der Waals surface area contributed by atoms with Crippen molar-refractivity contribution in [3.8, 4) is 0 Å². The molecule has 3 nitrogen and oxygen atoms in total. The van der Waals surface area contributed by atoms with E-state index < -0.39 is 0 Å². The molecule has 2 rings (SSSR count). The van der Waals surface area contributed by atoms with E-state index in [0.29, 0.717) is 12.3 Å². The molecule has 0 aliphatic carbocycles. The molecule has 1 amide bonds. The van der Waals surface area contributed by atoms with E-state index in [0.717, 1.165) is 5.56 Å². The standard InChI is InChI=1S/C12H13NO2S2/c1-13-7-10(8-16-12(13)15)17-11(14)9-5-3-2-4-6-9/h2-6,10H,7-8H2,1H3. The van der Waals surface area contributed by atoms with Crippen molar-refractivity contribution in [2.75, 3.05) is 19.3 Å². The molecular formula is C12H13NO2S2. The third kappa shape index (κ3) is 3.26. The molecule has 1 saturated heterocycles. The van der Waals surface area contributed by atoms with Crippen molar-refractivity contribution in [2.45, 2.75) is 5.25 Å². The van der Waals surface area contributed by atoms with Crippen LogP contribution in [0.5, 0.6) is 0 Å². The lowest BCUT2D eigenvalue weighted by Gasteiger charge is -2.27. The van der Waals surface area contributed by atoms with Crippen LogP contribution >= 0.6 is 23.5 Å². The van der Waals surface area contributed by atoms with E-state index in [-0.39, 0.29) is 15.6 Å².